The number of nitrogens with two attached hydrogens (primary N) is 1. The van der Waals surface area contributed by atoms with Gasteiger partial charge in [0.25, 0.3) is 0 Å². The summed E-state index contributed by atoms with van der Waals surface area (Å²) in [6, 6.07) is 6.66. The summed E-state index contributed by atoms with van der Waals surface area (Å²) in [6.07, 6.45) is 3.12. The highest BCUT2D eigenvalue weighted by Crippen LogP contribution is 2.40. The van der Waals surface area contributed by atoms with Gasteiger partial charge in [-0.2, -0.15) is 9.97 Å². The van der Waals surface area contributed by atoms with E-state index in [-0.39, 0.29) is 40.4 Å². The first kappa shape index (κ1) is 30.6. The van der Waals surface area contributed by atoms with E-state index < -0.39 is 42.2 Å². The molecule has 2 saturated heterocycles. The summed E-state index contributed by atoms with van der Waals surface area (Å²) in [4.78, 5) is 43.2. The molecule has 0 bridgehead atoms. The summed E-state index contributed by atoms with van der Waals surface area (Å²) < 4.78 is 13.4. The number of thiazole rings is 1. The summed E-state index contributed by atoms with van der Waals surface area (Å²) in [5.41, 5.74) is 4.66. The number of imidazole rings is 1. The van der Waals surface area contributed by atoms with Crippen LogP contribution >= 0.6 is 22.9 Å². The molecule has 2 amide bonds. The van der Waals surface area contributed by atoms with Crippen molar-refractivity contribution in [2.24, 2.45) is 0 Å². The molecule has 0 saturated carbocycles. The van der Waals surface area contributed by atoms with Crippen LogP contribution in [0.1, 0.15) is 23.9 Å². The Balaban J connectivity index is 1.29. The number of hydrogen-bond acceptors (Lipinski definition) is 12. The third kappa shape index (κ3) is 5.33. The van der Waals surface area contributed by atoms with Crippen molar-refractivity contribution >= 4 is 57.6 Å². The Labute approximate surface area is 264 Å². The molecule has 4 aromatic rings. The lowest BCUT2D eigenvalue weighted by molar-refractivity contribution is -0.179. The van der Waals surface area contributed by atoms with E-state index in [1.54, 1.807) is 34.5 Å². The smallest absolute Gasteiger partial charge is 0.342 e. The number of carboxylic acids is 1. The van der Waals surface area contributed by atoms with E-state index >= 15 is 0 Å². The normalized spacial score (nSPS) is 24.7. The lowest BCUT2D eigenvalue weighted by atomic mass is 9.90. The quantitative estimate of drug-likeness (QED) is 0.128. The number of benzene rings is 1. The van der Waals surface area contributed by atoms with Crippen molar-refractivity contribution in [3.63, 3.8) is 0 Å². The number of aliphatic carboxylic acids is 1. The van der Waals surface area contributed by atoms with Crippen LogP contribution in [0, 0.1) is 12.3 Å². The first-order valence-corrected chi connectivity index (χ1v) is 15.0. The second kappa shape index (κ2) is 11.9. The van der Waals surface area contributed by atoms with E-state index in [9.17, 15) is 24.9 Å². The molecule has 1 unspecified atom stereocenters. The number of terminal acetylenes is 1. The van der Waals surface area contributed by atoms with Crippen molar-refractivity contribution in [2.75, 3.05) is 30.3 Å². The zero-order chi connectivity index (χ0) is 31.9. The zero-order valence-electron chi connectivity index (χ0n) is 23.4. The number of hydrogen-bond donors (Lipinski definition) is 5. The predicted molar refractivity (Wildman–Crippen MR) is 161 cm³/mol. The van der Waals surface area contributed by atoms with E-state index in [4.69, 9.17) is 33.2 Å². The topological polar surface area (TPSA) is 211 Å². The molecule has 15 nitrogen and oxygen atoms in total. The van der Waals surface area contributed by atoms with Gasteiger partial charge in [0.05, 0.1) is 24.1 Å². The Hall–Kier alpha value is -4.37. The second-order valence-corrected chi connectivity index (χ2v) is 11.6. The van der Waals surface area contributed by atoms with Crippen molar-refractivity contribution in [1.82, 2.24) is 29.8 Å². The van der Waals surface area contributed by atoms with Crippen LogP contribution in [0.25, 0.3) is 11.2 Å². The molecule has 2 aliphatic rings. The fourth-order valence-corrected chi connectivity index (χ4v) is 6.25. The fourth-order valence-electron chi connectivity index (χ4n) is 5.46. The summed E-state index contributed by atoms with van der Waals surface area (Å²) >= 11 is 7.16. The van der Waals surface area contributed by atoms with Crippen LogP contribution in [-0.2, 0) is 26.3 Å². The highest BCUT2D eigenvalue weighted by molar-refractivity contribution is 7.07. The van der Waals surface area contributed by atoms with Crippen molar-refractivity contribution < 1.29 is 34.4 Å². The Morgan fingerprint density at radius 2 is 2.11 bits per heavy atom. The maximum Gasteiger partial charge on any atom is 0.342 e. The second-order valence-electron chi connectivity index (χ2n) is 10.5. The van der Waals surface area contributed by atoms with Crippen LogP contribution in [0.4, 0.5) is 16.3 Å². The number of nitrogens with one attached hydrogen (secondary N) is 1. The monoisotopic (exact) mass is 654 g/mol. The molecular weight excluding hydrogens is 628 g/mol. The zero-order valence-corrected chi connectivity index (χ0v) is 25.0. The summed E-state index contributed by atoms with van der Waals surface area (Å²) in [5.74, 6) is 0.817. The van der Waals surface area contributed by atoms with Crippen LogP contribution < -0.4 is 16.0 Å². The Morgan fingerprint density at radius 3 is 2.78 bits per heavy atom. The number of fused-ring (bicyclic) bond motifs is 1. The van der Waals surface area contributed by atoms with Crippen LogP contribution in [0.2, 0.25) is 5.28 Å². The van der Waals surface area contributed by atoms with Gasteiger partial charge in [-0.25, -0.2) is 19.6 Å². The van der Waals surface area contributed by atoms with Gasteiger partial charge in [0.15, 0.2) is 23.3 Å². The molecule has 17 heteroatoms. The molecular formula is C28H27ClN8O7S. The SMILES string of the molecule is C#C[C@@]1(O)[C@@H](COC(Cc2ccc(N3CCCNC3=O)cc2)(C(=O)O)c2cscn2)O[C@@H](n2cnc3c(N)nc(Cl)nc32)[C@@H]1O. The van der Waals surface area contributed by atoms with Gasteiger partial charge in [-0.1, -0.05) is 18.1 Å². The largest absolute Gasteiger partial charge is 0.479 e. The molecule has 1 aromatic carbocycles. The number of carbonyl (C=O) groups is 2. The van der Waals surface area contributed by atoms with E-state index in [1.165, 1.54) is 27.7 Å². The first-order chi connectivity index (χ1) is 21.6. The van der Waals surface area contributed by atoms with Crippen molar-refractivity contribution in [1.29, 1.82) is 0 Å². The average Bonchev–Trinajstić information content (AvgIpc) is 3.76. The first-order valence-electron chi connectivity index (χ1n) is 13.7. The number of aliphatic hydroxyl groups excluding tert-OH is 1. The molecule has 3 aromatic heterocycles. The summed E-state index contributed by atoms with van der Waals surface area (Å²) in [6.45, 7) is 0.600. The molecule has 234 valence electrons. The molecule has 0 radical (unpaired) electrons. The van der Waals surface area contributed by atoms with E-state index in [1.807, 2.05) is 0 Å². The Morgan fingerprint density at radius 1 is 1.33 bits per heavy atom. The van der Waals surface area contributed by atoms with E-state index in [0.29, 0.717) is 24.3 Å². The number of halogens is 1. The third-order valence-corrected chi connectivity index (χ3v) is 8.65. The van der Waals surface area contributed by atoms with Gasteiger partial charge >= 0.3 is 12.0 Å². The van der Waals surface area contributed by atoms with Gasteiger partial charge in [0, 0.05) is 30.6 Å². The van der Waals surface area contributed by atoms with Crippen molar-refractivity contribution in [3.05, 3.63) is 58.0 Å². The van der Waals surface area contributed by atoms with Crippen LogP contribution in [0.5, 0.6) is 0 Å². The maximum atomic E-state index is 13.0. The minimum atomic E-state index is -2.31. The van der Waals surface area contributed by atoms with Gasteiger partial charge in [-0.3, -0.25) is 9.47 Å². The number of carboxylic acid groups (broad SMARTS) is 1. The molecule has 0 spiro atoms. The molecule has 6 rings (SSSR count). The van der Waals surface area contributed by atoms with Gasteiger partial charge < -0.3 is 35.8 Å². The number of nitrogens with zero attached hydrogens (tertiary/aromatic N) is 6. The standard InChI is InChI=1S/C28H27ClN8O7S/c1-2-27(42)18(44-23(20(27)38)37-13-32-19-21(30)34-25(29)35-22(19)37)11-43-28(24(39)40,17-12-45-14-33-17)10-15-4-6-16(7-5-15)36-9-3-8-31-26(36)41/h1,4-7,12-14,18,20,23,38,42H,3,8-11H2,(H,31,41)(H,39,40)(H2,30,34,35)/t18-,20+,23-,27-,28?/m1/s1. The highest BCUT2D eigenvalue weighted by Gasteiger charge is 2.57. The minimum absolute atomic E-state index is 0.00920. The predicted octanol–water partition coefficient (Wildman–Crippen LogP) is 1.30. The number of aliphatic hydroxyl groups is 2. The lowest BCUT2D eigenvalue weighted by Crippen LogP contribution is -2.50. The van der Waals surface area contributed by atoms with Crippen molar-refractivity contribution in [2.45, 2.75) is 42.5 Å². The maximum absolute atomic E-state index is 13.0. The van der Waals surface area contributed by atoms with Gasteiger partial charge in [-0.15, -0.1) is 17.8 Å². The van der Waals surface area contributed by atoms with E-state index in [2.05, 4.69) is 31.2 Å². The fraction of sp³-hybridized carbons (Fsp3) is 0.357. The molecule has 6 N–H and O–H groups in total. The molecule has 5 atom stereocenters. The number of anilines is 2. The average molecular weight is 655 g/mol. The minimum Gasteiger partial charge on any atom is -0.479 e. The Bertz CT molecular complexity index is 1780. The number of rotatable bonds is 9. The van der Waals surface area contributed by atoms with Gasteiger partial charge in [0.2, 0.25) is 10.9 Å². The highest BCUT2D eigenvalue weighted by atomic mass is 35.5. The van der Waals surface area contributed by atoms with Crippen LogP contribution in [-0.4, -0.2) is 89.3 Å². The Kier molecular flexibility index (Phi) is 8.07. The van der Waals surface area contributed by atoms with Crippen LogP contribution in [0.3, 0.4) is 0 Å². The lowest BCUT2D eigenvalue weighted by Gasteiger charge is -2.32. The summed E-state index contributed by atoms with van der Waals surface area (Å²) in [7, 11) is 0. The number of amides is 2. The van der Waals surface area contributed by atoms with Crippen molar-refractivity contribution in [3.8, 4) is 12.3 Å². The number of carbonyl (C=O) groups excluding carboxylic acids is 1. The summed E-state index contributed by atoms with van der Waals surface area (Å²) in [5, 5.41) is 37.3. The van der Waals surface area contributed by atoms with Crippen LogP contribution in [0.15, 0.2) is 41.5 Å². The number of nitrogen functional groups attached to an aromatic ring is 1. The molecule has 2 aliphatic heterocycles. The van der Waals surface area contributed by atoms with E-state index in [0.717, 1.165) is 6.42 Å². The number of ether oxygens (including phenoxy) is 2. The number of aromatic nitrogens is 5. The van der Waals surface area contributed by atoms with Gasteiger partial charge in [0.1, 0.15) is 17.7 Å². The van der Waals surface area contributed by atoms with Gasteiger partial charge in [-0.05, 0) is 35.7 Å². The molecule has 0 aliphatic carbocycles. The molecule has 45 heavy (non-hydrogen) atoms. The number of urea groups is 1. The third-order valence-electron chi connectivity index (χ3n) is 7.90. The molecule has 5 heterocycles. The molecule has 2 fully saturated rings.